The van der Waals surface area contributed by atoms with E-state index in [4.69, 9.17) is 9.47 Å². The molecule has 0 bridgehead atoms. The molecule has 0 aliphatic carbocycles. The van der Waals surface area contributed by atoms with Crippen molar-refractivity contribution in [1.82, 2.24) is 15.1 Å². The van der Waals surface area contributed by atoms with Crippen LogP contribution in [0.2, 0.25) is 0 Å². The lowest BCUT2D eigenvalue weighted by atomic mass is 10.1. The van der Waals surface area contributed by atoms with Crippen LogP contribution in [0.25, 0.3) is 0 Å². The Balaban J connectivity index is 1.64. The Labute approximate surface area is 144 Å². The standard InChI is InChI=1S/C18H29N3O3/c1-23-15-3-9-19-18(22)21-13-11-20(12-14-21)10-8-16-4-6-17(24-2)7-5-16/h4-7H,3,8-15H2,1-2H3,(H,19,22). The van der Waals surface area contributed by atoms with Gasteiger partial charge in [-0.2, -0.15) is 0 Å². The van der Waals surface area contributed by atoms with Crippen LogP contribution >= 0.6 is 0 Å². The van der Waals surface area contributed by atoms with Crippen LogP contribution in [0.4, 0.5) is 4.79 Å². The molecule has 1 aromatic carbocycles. The molecule has 6 heteroatoms. The van der Waals surface area contributed by atoms with Crippen LogP contribution in [0.1, 0.15) is 12.0 Å². The highest BCUT2D eigenvalue weighted by atomic mass is 16.5. The second kappa shape index (κ2) is 10.2. The zero-order valence-electron chi connectivity index (χ0n) is 14.8. The molecule has 1 saturated heterocycles. The van der Waals surface area contributed by atoms with Crippen molar-refractivity contribution in [2.75, 3.05) is 60.1 Å². The molecule has 0 spiro atoms. The SMILES string of the molecule is COCCCNC(=O)N1CCN(CCc2ccc(OC)cc2)CC1. The van der Waals surface area contributed by atoms with Gasteiger partial charge in [0, 0.05) is 53.0 Å². The molecular weight excluding hydrogens is 306 g/mol. The quantitative estimate of drug-likeness (QED) is 0.733. The summed E-state index contributed by atoms with van der Waals surface area (Å²) in [6.07, 6.45) is 1.87. The lowest BCUT2D eigenvalue weighted by Gasteiger charge is -2.34. The van der Waals surface area contributed by atoms with Crippen molar-refractivity contribution in [3.63, 3.8) is 0 Å². The van der Waals surface area contributed by atoms with Crippen molar-refractivity contribution in [3.8, 4) is 5.75 Å². The van der Waals surface area contributed by atoms with Crippen LogP contribution in [0.5, 0.6) is 5.75 Å². The minimum absolute atomic E-state index is 0.0425. The number of hydrogen-bond acceptors (Lipinski definition) is 4. The first kappa shape index (κ1) is 18.5. The summed E-state index contributed by atoms with van der Waals surface area (Å²) in [5.74, 6) is 0.892. The summed E-state index contributed by atoms with van der Waals surface area (Å²) in [6, 6.07) is 8.27. The first-order valence-corrected chi connectivity index (χ1v) is 8.60. The lowest BCUT2D eigenvalue weighted by molar-refractivity contribution is 0.139. The van der Waals surface area contributed by atoms with Crippen LogP contribution in [0, 0.1) is 0 Å². The van der Waals surface area contributed by atoms with E-state index in [0.717, 1.165) is 51.3 Å². The fourth-order valence-corrected chi connectivity index (χ4v) is 2.78. The van der Waals surface area contributed by atoms with Gasteiger partial charge in [-0.1, -0.05) is 12.1 Å². The minimum Gasteiger partial charge on any atom is -0.497 e. The monoisotopic (exact) mass is 335 g/mol. The first-order chi connectivity index (χ1) is 11.7. The maximum absolute atomic E-state index is 12.1. The molecule has 1 aliphatic heterocycles. The van der Waals surface area contributed by atoms with E-state index >= 15 is 0 Å². The average molecular weight is 335 g/mol. The molecule has 0 radical (unpaired) electrons. The van der Waals surface area contributed by atoms with Crippen LogP contribution in [0.15, 0.2) is 24.3 Å². The molecule has 1 aliphatic rings. The first-order valence-electron chi connectivity index (χ1n) is 8.60. The third kappa shape index (κ3) is 6.02. The number of nitrogens with zero attached hydrogens (tertiary/aromatic N) is 2. The molecule has 0 atom stereocenters. The number of piperazine rings is 1. The molecule has 1 fully saturated rings. The summed E-state index contributed by atoms with van der Waals surface area (Å²) in [6.45, 7) is 5.82. The Morgan fingerprint density at radius 2 is 1.83 bits per heavy atom. The average Bonchev–Trinajstić information content (AvgIpc) is 2.64. The van der Waals surface area contributed by atoms with Crippen LogP contribution < -0.4 is 10.1 Å². The number of ether oxygens (including phenoxy) is 2. The molecule has 2 rings (SSSR count). The van der Waals surface area contributed by atoms with Crippen molar-refractivity contribution in [3.05, 3.63) is 29.8 Å². The summed E-state index contributed by atoms with van der Waals surface area (Å²) in [5.41, 5.74) is 1.31. The number of amides is 2. The second-order valence-electron chi connectivity index (χ2n) is 6.01. The third-order valence-electron chi connectivity index (χ3n) is 4.34. The number of carbonyl (C=O) groups is 1. The van der Waals surface area contributed by atoms with Gasteiger partial charge in [0.1, 0.15) is 5.75 Å². The van der Waals surface area contributed by atoms with Gasteiger partial charge < -0.3 is 19.7 Å². The molecule has 0 unspecified atom stereocenters. The zero-order chi connectivity index (χ0) is 17.2. The van der Waals surface area contributed by atoms with Crippen molar-refractivity contribution in [1.29, 1.82) is 0 Å². The third-order valence-corrected chi connectivity index (χ3v) is 4.34. The fourth-order valence-electron chi connectivity index (χ4n) is 2.78. The van der Waals surface area contributed by atoms with E-state index in [1.165, 1.54) is 5.56 Å². The van der Waals surface area contributed by atoms with E-state index in [2.05, 4.69) is 22.3 Å². The van der Waals surface area contributed by atoms with E-state index in [9.17, 15) is 4.79 Å². The molecule has 1 heterocycles. The molecular formula is C18H29N3O3. The van der Waals surface area contributed by atoms with Crippen LogP contribution in [0.3, 0.4) is 0 Å². The summed E-state index contributed by atoms with van der Waals surface area (Å²) >= 11 is 0. The maximum Gasteiger partial charge on any atom is 0.317 e. The largest absolute Gasteiger partial charge is 0.497 e. The topological polar surface area (TPSA) is 54.0 Å². The van der Waals surface area contributed by atoms with E-state index in [1.807, 2.05) is 17.0 Å². The Kier molecular flexibility index (Phi) is 7.85. The summed E-state index contributed by atoms with van der Waals surface area (Å²) < 4.78 is 10.2. The molecule has 1 N–H and O–H groups in total. The van der Waals surface area contributed by atoms with Gasteiger partial charge in [-0.25, -0.2) is 4.79 Å². The van der Waals surface area contributed by atoms with Gasteiger partial charge in [0.05, 0.1) is 7.11 Å². The smallest absolute Gasteiger partial charge is 0.317 e. The van der Waals surface area contributed by atoms with Crippen molar-refractivity contribution >= 4 is 6.03 Å². The van der Waals surface area contributed by atoms with Gasteiger partial charge in [0.15, 0.2) is 0 Å². The highest BCUT2D eigenvalue weighted by Crippen LogP contribution is 2.12. The number of carbonyl (C=O) groups excluding carboxylic acids is 1. The summed E-state index contributed by atoms with van der Waals surface area (Å²) in [7, 11) is 3.36. The molecule has 6 nitrogen and oxygen atoms in total. The van der Waals surface area contributed by atoms with Crippen molar-refractivity contribution in [2.45, 2.75) is 12.8 Å². The Morgan fingerprint density at radius 1 is 1.12 bits per heavy atom. The molecule has 134 valence electrons. The number of benzene rings is 1. The Morgan fingerprint density at radius 3 is 2.46 bits per heavy atom. The highest BCUT2D eigenvalue weighted by molar-refractivity contribution is 5.74. The maximum atomic E-state index is 12.1. The number of methoxy groups -OCH3 is 2. The predicted molar refractivity (Wildman–Crippen MR) is 94.6 cm³/mol. The van der Waals surface area contributed by atoms with E-state index in [-0.39, 0.29) is 6.03 Å². The van der Waals surface area contributed by atoms with Gasteiger partial charge in [0.2, 0.25) is 0 Å². The molecule has 0 saturated carbocycles. The van der Waals surface area contributed by atoms with E-state index < -0.39 is 0 Å². The predicted octanol–water partition coefficient (Wildman–Crippen LogP) is 1.60. The van der Waals surface area contributed by atoms with Gasteiger partial charge in [-0.15, -0.1) is 0 Å². The minimum atomic E-state index is 0.0425. The summed E-state index contributed by atoms with van der Waals surface area (Å²) in [5, 5.41) is 2.95. The number of rotatable bonds is 8. The van der Waals surface area contributed by atoms with Crippen molar-refractivity contribution in [2.24, 2.45) is 0 Å². The second-order valence-corrected chi connectivity index (χ2v) is 6.01. The molecule has 1 aromatic rings. The number of hydrogen-bond donors (Lipinski definition) is 1. The van der Waals surface area contributed by atoms with E-state index in [0.29, 0.717) is 13.2 Å². The summed E-state index contributed by atoms with van der Waals surface area (Å²) in [4.78, 5) is 16.4. The van der Waals surface area contributed by atoms with Gasteiger partial charge in [-0.3, -0.25) is 4.90 Å². The highest BCUT2D eigenvalue weighted by Gasteiger charge is 2.20. The van der Waals surface area contributed by atoms with E-state index in [1.54, 1.807) is 14.2 Å². The van der Waals surface area contributed by atoms with Gasteiger partial charge in [0.25, 0.3) is 0 Å². The molecule has 24 heavy (non-hydrogen) atoms. The van der Waals surface area contributed by atoms with Crippen LogP contribution in [-0.2, 0) is 11.2 Å². The van der Waals surface area contributed by atoms with Crippen LogP contribution in [-0.4, -0.2) is 75.9 Å². The number of urea groups is 1. The number of nitrogens with one attached hydrogen (secondary N) is 1. The zero-order valence-corrected chi connectivity index (χ0v) is 14.8. The lowest BCUT2D eigenvalue weighted by Crippen LogP contribution is -2.52. The van der Waals surface area contributed by atoms with Gasteiger partial charge in [-0.05, 0) is 30.5 Å². The molecule has 2 amide bonds. The van der Waals surface area contributed by atoms with Gasteiger partial charge >= 0.3 is 6.03 Å². The fraction of sp³-hybridized carbons (Fsp3) is 0.611. The normalized spacial score (nSPS) is 15.3. The Bertz CT molecular complexity index is 485. The molecule has 0 aromatic heterocycles. The van der Waals surface area contributed by atoms with Crippen molar-refractivity contribution < 1.29 is 14.3 Å². The Hall–Kier alpha value is -1.79.